The maximum absolute atomic E-state index is 11.4. The Bertz CT molecular complexity index is 710. The van der Waals surface area contributed by atoms with Crippen LogP contribution in [0, 0.1) is 0 Å². The monoisotopic (exact) mass is 337 g/mol. The minimum atomic E-state index is -1.38. The molecule has 0 aliphatic carbocycles. The number of hydrogen-bond acceptors (Lipinski definition) is 3. The lowest BCUT2D eigenvalue weighted by atomic mass is 10.2. The molecule has 0 amide bonds. The molecule has 20 heavy (non-hydrogen) atoms. The van der Waals surface area contributed by atoms with Crippen LogP contribution in [0.2, 0.25) is 0 Å². The second-order valence-electron chi connectivity index (χ2n) is 3.88. The van der Waals surface area contributed by atoms with E-state index >= 15 is 0 Å². The molecular weight excluding hydrogens is 330 g/mol. The van der Waals surface area contributed by atoms with Crippen molar-refractivity contribution in [1.29, 1.82) is 0 Å². The first-order valence-electron chi connectivity index (χ1n) is 5.40. The number of benzene rings is 1. The number of aromatic nitrogens is 1. The van der Waals surface area contributed by atoms with Crippen molar-refractivity contribution in [3.63, 3.8) is 0 Å². The average Bonchev–Trinajstić information content (AvgIpc) is 2.38. The normalized spacial score (nSPS) is 10.2. The Kier molecular flexibility index (Phi) is 3.71. The first kappa shape index (κ1) is 14.0. The Morgan fingerprint density at radius 3 is 1.80 bits per heavy atom. The van der Waals surface area contributed by atoms with Crippen molar-refractivity contribution in [3.05, 3.63) is 62.5 Å². The number of carboxylic acids is 2. The number of aromatic carboxylic acids is 2. The summed E-state index contributed by atoms with van der Waals surface area (Å²) in [4.78, 5) is 33.9. The largest absolute Gasteiger partial charge is 0.477 e. The van der Waals surface area contributed by atoms with Gasteiger partial charge in [-0.25, -0.2) is 9.59 Å². The number of carboxylic acid groups (broad SMARTS) is 2. The van der Waals surface area contributed by atoms with Gasteiger partial charge < -0.3 is 10.2 Å². The molecule has 6 nitrogen and oxygen atoms in total. The van der Waals surface area contributed by atoms with E-state index in [-0.39, 0.29) is 0 Å². The summed E-state index contributed by atoms with van der Waals surface area (Å²) in [5, 5.41) is 18.3. The third-order valence-electron chi connectivity index (χ3n) is 2.56. The van der Waals surface area contributed by atoms with Crippen LogP contribution in [0.1, 0.15) is 21.0 Å². The van der Waals surface area contributed by atoms with E-state index in [4.69, 9.17) is 10.2 Å². The third-order valence-corrected chi connectivity index (χ3v) is 3.09. The fraction of sp³-hybridized carbons (Fsp3) is 0. The molecule has 102 valence electrons. The van der Waals surface area contributed by atoms with Crippen LogP contribution < -0.4 is 5.43 Å². The Morgan fingerprint density at radius 1 is 0.950 bits per heavy atom. The first-order valence-corrected chi connectivity index (χ1v) is 6.19. The highest BCUT2D eigenvalue weighted by Crippen LogP contribution is 2.18. The number of hydrogen-bond donors (Lipinski definition) is 2. The summed E-state index contributed by atoms with van der Waals surface area (Å²) in [5.41, 5.74) is -1.15. The van der Waals surface area contributed by atoms with Gasteiger partial charge in [-0.2, -0.15) is 0 Å². The lowest BCUT2D eigenvalue weighted by Gasteiger charge is -2.14. The summed E-state index contributed by atoms with van der Waals surface area (Å²) in [6.45, 7) is 0. The van der Waals surface area contributed by atoms with Gasteiger partial charge in [0.2, 0.25) is 0 Å². The maximum atomic E-state index is 11.4. The molecule has 0 aliphatic rings. The van der Waals surface area contributed by atoms with Crippen LogP contribution in [0.15, 0.2) is 45.7 Å². The van der Waals surface area contributed by atoms with Crippen LogP contribution >= 0.6 is 15.9 Å². The summed E-state index contributed by atoms with van der Waals surface area (Å²) in [5.74, 6) is -2.76. The molecular formula is C13H8BrNO5. The quantitative estimate of drug-likeness (QED) is 0.892. The molecule has 0 fully saturated rings. The van der Waals surface area contributed by atoms with E-state index in [9.17, 15) is 14.4 Å². The van der Waals surface area contributed by atoms with Crippen molar-refractivity contribution in [2.45, 2.75) is 0 Å². The summed E-state index contributed by atoms with van der Waals surface area (Å²) in [7, 11) is 0. The van der Waals surface area contributed by atoms with Gasteiger partial charge >= 0.3 is 11.9 Å². The zero-order chi connectivity index (χ0) is 14.9. The molecule has 1 aromatic carbocycles. The maximum Gasteiger partial charge on any atom is 0.353 e. The van der Waals surface area contributed by atoms with Gasteiger partial charge in [-0.15, -0.1) is 0 Å². The Hall–Kier alpha value is -2.41. The molecule has 0 saturated heterocycles. The zero-order valence-electron chi connectivity index (χ0n) is 9.91. The van der Waals surface area contributed by atoms with Crippen LogP contribution in [-0.2, 0) is 0 Å². The lowest BCUT2D eigenvalue weighted by molar-refractivity contribution is 0.0678. The number of pyridine rings is 1. The van der Waals surface area contributed by atoms with E-state index in [0.717, 1.165) is 21.2 Å². The van der Waals surface area contributed by atoms with Crippen molar-refractivity contribution in [2.24, 2.45) is 0 Å². The van der Waals surface area contributed by atoms with Crippen molar-refractivity contribution in [3.8, 4) is 5.69 Å². The topological polar surface area (TPSA) is 96.6 Å². The van der Waals surface area contributed by atoms with Crippen molar-refractivity contribution < 1.29 is 19.8 Å². The Labute approximate surface area is 121 Å². The predicted octanol–water partition coefficient (Wildman–Crippen LogP) is 2.00. The SMILES string of the molecule is O=C(O)c1cc(=O)cc(C(=O)O)n1-c1ccc(Br)cc1. The zero-order valence-corrected chi connectivity index (χ0v) is 11.5. The summed E-state index contributed by atoms with van der Waals surface area (Å²) >= 11 is 3.23. The highest BCUT2D eigenvalue weighted by atomic mass is 79.9. The molecule has 2 aromatic rings. The van der Waals surface area contributed by atoms with Gasteiger partial charge in [0.15, 0.2) is 5.43 Å². The highest BCUT2D eigenvalue weighted by molar-refractivity contribution is 9.10. The molecule has 0 spiro atoms. The lowest BCUT2D eigenvalue weighted by Crippen LogP contribution is -2.22. The fourth-order valence-electron chi connectivity index (χ4n) is 1.75. The average molecular weight is 338 g/mol. The van der Waals surface area contributed by atoms with Crippen LogP contribution in [-0.4, -0.2) is 26.7 Å². The van der Waals surface area contributed by atoms with Crippen molar-refractivity contribution in [1.82, 2.24) is 4.57 Å². The molecule has 0 aliphatic heterocycles. The van der Waals surface area contributed by atoms with E-state index < -0.39 is 28.8 Å². The molecule has 7 heteroatoms. The molecule has 2 rings (SSSR count). The summed E-state index contributed by atoms with van der Waals surface area (Å²) in [6.07, 6.45) is 0. The van der Waals surface area contributed by atoms with Crippen molar-refractivity contribution >= 4 is 27.9 Å². The molecule has 0 atom stereocenters. The van der Waals surface area contributed by atoms with Gasteiger partial charge in [0.1, 0.15) is 11.4 Å². The van der Waals surface area contributed by atoms with E-state index in [1.54, 1.807) is 24.3 Å². The fourth-order valence-corrected chi connectivity index (χ4v) is 2.02. The van der Waals surface area contributed by atoms with Crippen molar-refractivity contribution in [2.75, 3.05) is 0 Å². The van der Waals surface area contributed by atoms with E-state index in [1.165, 1.54) is 0 Å². The molecule has 2 N–H and O–H groups in total. The first-order chi connectivity index (χ1) is 9.40. The van der Waals surface area contributed by atoms with Gasteiger partial charge in [-0.3, -0.25) is 9.36 Å². The molecule has 0 radical (unpaired) electrons. The van der Waals surface area contributed by atoms with Gasteiger partial charge in [-0.1, -0.05) is 15.9 Å². The molecule has 1 aromatic heterocycles. The van der Waals surface area contributed by atoms with E-state index in [0.29, 0.717) is 5.69 Å². The van der Waals surface area contributed by atoms with Gasteiger partial charge in [0, 0.05) is 22.3 Å². The molecule has 0 bridgehead atoms. The van der Waals surface area contributed by atoms with Gasteiger partial charge in [0.05, 0.1) is 0 Å². The second-order valence-corrected chi connectivity index (χ2v) is 4.80. The molecule has 0 saturated carbocycles. The number of halogens is 1. The predicted molar refractivity (Wildman–Crippen MR) is 73.7 cm³/mol. The van der Waals surface area contributed by atoms with Crippen LogP contribution in [0.25, 0.3) is 5.69 Å². The van der Waals surface area contributed by atoms with E-state index in [2.05, 4.69) is 15.9 Å². The molecule has 0 unspecified atom stereocenters. The van der Waals surface area contributed by atoms with Gasteiger partial charge in [-0.05, 0) is 24.3 Å². The number of nitrogens with zero attached hydrogens (tertiary/aromatic N) is 1. The number of rotatable bonds is 3. The minimum Gasteiger partial charge on any atom is -0.477 e. The van der Waals surface area contributed by atoms with Crippen LogP contribution in [0.3, 0.4) is 0 Å². The number of carbonyl (C=O) groups is 2. The van der Waals surface area contributed by atoms with E-state index in [1.807, 2.05) is 0 Å². The second kappa shape index (κ2) is 5.30. The summed E-state index contributed by atoms with van der Waals surface area (Å²) in [6, 6.07) is 8.16. The van der Waals surface area contributed by atoms with Crippen LogP contribution in [0.5, 0.6) is 0 Å². The smallest absolute Gasteiger partial charge is 0.353 e. The highest BCUT2D eigenvalue weighted by Gasteiger charge is 2.19. The third kappa shape index (κ3) is 2.62. The molecule has 1 heterocycles. The summed E-state index contributed by atoms with van der Waals surface area (Å²) < 4.78 is 1.77. The minimum absolute atomic E-state index is 0.336. The Balaban J connectivity index is 2.84. The van der Waals surface area contributed by atoms with Gasteiger partial charge in [0.25, 0.3) is 0 Å². The Morgan fingerprint density at radius 2 is 1.40 bits per heavy atom. The standard InChI is InChI=1S/C13H8BrNO5/c14-7-1-3-8(4-2-7)15-10(12(17)18)5-9(16)6-11(15)13(19)20/h1-6H,(H,17,18)(H,19,20). The van der Waals surface area contributed by atoms with Crippen LogP contribution in [0.4, 0.5) is 0 Å².